The number of carbonyl (C=O) groups excluding carboxylic acids is 1. The van der Waals surface area contributed by atoms with Crippen molar-refractivity contribution in [3.8, 4) is 5.75 Å². The van der Waals surface area contributed by atoms with Gasteiger partial charge in [-0.25, -0.2) is 4.79 Å². The molecule has 0 atom stereocenters. The van der Waals surface area contributed by atoms with E-state index in [1.165, 1.54) is 18.4 Å². The van der Waals surface area contributed by atoms with E-state index in [4.69, 9.17) is 21.7 Å². The number of hydrogen-bond acceptors (Lipinski definition) is 5. The number of aryl methyl sites for hydroxylation is 1. The van der Waals surface area contributed by atoms with Gasteiger partial charge in [-0.1, -0.05) is 6.07 Å². The van der Waals surface area contributed by atoms with Crippen molar-refractivity contribution in [2.24, 2.45) is 0 Å². The Labute approximate surface area is 144 Å². The van der Waals surface area contributed by atoms with E-state index in [1.54, 1.807) is 7.11 Å². The van der Waals surface area contributed by atoms with Gasteiger partial charge in [-0.2, -0.15) is 0 Å². The standard InChI is InChI=1S/C16H18N2O3S2/c1-9-10(2)23-14(13(9)15(19)21-4)18-16(22)17-11-6-5-7-12(8-11)20-3/h5-8H,1-4H3,(H2,17,18,22). The van der Waals surface area contributed by atoms with Crippen molar-refractivity contribution in [3.63, 3.8) is 0 Å². The molecule has 0 saturated carbocycles. The summed E-state index contributed by atoms with van der Waals surface area (Å²) in [6, 6.07) is 7.43. The van der Waals surface area contributed by atoms with Crippen molar-refractivity contribution in [1.29, 1.82) is 0 Å². The van der Waals surface area contributed by atoms with Gasteiger partial charge in [0.1, 0.15) is 10.8 Å². The minimum Gasteiger partial charge on any atom is -0.497 e. The second-order valence-electron chi connectivity index (χ2n) is 4.79. The first-order valence-electron chi connectivity index (χ1n) is 6.86. The summed E-state index contributed by atoms with van der Waals surface area (Å²) in [4.78, 5) is 13.0. The third-order valence-corrected chi connectivity index (χ3v) is 4.66. The first kappa shape index (κ1) is 17.2. The molecule has 0 aliphatic heterocycles. The number of esters is 1. The van der Waals surface area contributed by atoms with Gasteiger partial charge < -0.3 is 20.1 Å². The summed E-state index contributed by atoms with van der Waals surface area (Å²) in [5, 5.41) is 7.21. The Morgan fingerprint density at radius 2 is 1.96 bits per heavy atom. The summed E-state index contributed by atoms with van der Waals surface area (Å²) >= 11 is 6.79. The maximum Gasteiger partial charge on any atom is 0.341 e. The van der Waals surface area contributed by atoms with Gasteiger partial charge in [-0.3, -0.25) is 0 Å². The molecule has 7 heteroatoms. The normalized spacial score (nSPS) is 10.1. The highest BCUT2D eigenvalue weighted by Crippen LogP contribution is 2.33. The van der Waals surface area contributed by atoms with Crippen molar-refractivity contribution in [2.75, 3.05) is 24.9 Å². The Hall–Kier alpha value is -2.12. The first-order valence-corrected chi connectivity index (χ1v) is 8.09. The monoisotopic (exact) mass is 350 g/mol. The molecule has 122 valence electrons. The molecule has 2 N–H and O–H groups in total. The van der Waals surface area contributed by atoms with Crippen molar-refractivity contribution in [3.05, 3.63) is 40.3 Å². The average molecular weight is 350 g/mol. The fourth-order valence-corrected chi connectivity index (χ4v) is 3.37. The van der Waals surface area contributed by atoms with Crippen LogP contribution < -0.4 is 15.4 Å². The van der Waals surface area contributed by atoms with E-state index >= 15 is 0 Å². The Balaban J connectivity index is 2.17. The van der Waals surface area contributed by atoms with Crippen LogP contribution in [0.4, 0.5) is 10.7 Å². The summed E-state index contributed by atoms with van der Waals surface area (Å²) < 4.78 is 10.0. The van der Waals surface area contributed by atoms with Gasteiger partial charge in [0.05, 0.1) is 19.8 Å². The number of hydrogen-bond donors (Lipinski definition) is 2. The first-order chi connectivity index (χ1) is 11.0. The van der Waals surface area contributed by atoms with Crippen LogP contribution in [0.3, 0.4) is 0 Å². The van der Waals surface area contributed by atoms with Crippen LogP contribution in [-0.4, -0.2) is 25.3 Å². The molecule has 23 heavy (non-hydrogen) atoms. The molecule has 1 aromatic heterocycles. The van der Waals surface area contributed by atoms with E-state index in [9.17, 15) is 4.79 Å². The molecule has 2 rings (SSSR count). The fraction of sp³-hybridized carbons (Fsp3) is 0.250. The molecule has 5 nitrogen and oxygen atoms in total. The molecule has 0 spiro atoms. The van der Waals surface area contributed by atoms with Crippen LogP contribution in [-0.2, 0) is 4.74 Å². The lowest BCUT2D eigenvalue weighted by Crippen LogP contribution is -2.20. The topological polar surface area (TPSA) is 59.6 Å². The molecule has 2 aromatic rings. The van der Waals surface area contributed by atoms with E-state index in [2.05, 4.69) is 10.6 Å². The lowest BCUT2D eigenvalue weighted by atomic mass is 10.1. The fourth-order valence-electron chi connectivity index (χ4n) is 2.03. The van der Waals surface area contributed by atoms with E-state index in [0.717, 1.165) is 21.9 Å². The average Bonchev–Trinajstić information content (AvgIpc) is 2.81. The molecule has 0 aliphatic carbocycles. The van der Waals surface area contributed by atoms with Crippen molar-refractivity contribution in [1.82, 2.24) is 0 Å². The number of benzene rings is 1. The maximum atomic E-state index is 12.0. The SMILES string of the molecule is COC(=O)c1c(NC(=S)Nc2cccc(OC)c2)sc(C)c1C. The van der Waals surface area contributed by atoms with Crippen LogP contribution >= 0.6 is 23.6 Å². The minimum atomic E-state index is -0.376. The number of rotatable bonds is 4. The van der Waals surface area contributed by atoms with Crippen LogP contribution in [0.2, 0.25) is 0 Å². The number of thiocarbonyl (C=S) groups is 1. The number of nitrogens with one attached hydrogen (secondary N) is 2. The quantitative estimate of drug-likeness (QED) is 0.643. The smallest absolute Gasteiger partial charge is 0.341 e. The third kappa shape index (κ3) is 4.00. The van der Waals surface area contributed by atoms with Gasteiger partial charge in [-0.15, -0.1) is 11.3 Å². The Bertz CT molecular complexity index is 741. The van der Waals surface area contributed by atoms with E-state index < -0.39 is 0 Å². The van der Waals surface area contributed by atoms with Crippen LogP contribution in [0.1, 0.15) is 20.8 Å². The predicted octanol–water partition coefficient (Wildman–Crippen LogP) is 3.97. The minimum absolute atomic E-state index is 0.376. The lowest BCUT2D eigenvalue weighted by Gasteiger charge is -2.11. The summed E-state index contributed by atoms with van der Waals surface area (Å²) in [6.07, 6.45) is 0. The van der Waals surface area contributed by atoms with E-state index in [0.29, 0.717) is 15.7 Å². The Morgan fingerprint density at radius 1 is 1.22 bits per heavy atom. The zero-order valence-corrected chi connectivity index (χ0v) is 15.0. The molecular formula is C16H18N2O3S2. The number of thiophene rings is 1. The molecule has 0 aliphatic rings. The van der Waals surface area contributed by atoms with Gasteiger partial charge in [0.25, 0.3) is 0 Å². The largest absolute Gasteiger partial charge is 0.497 e. The molecular weight excluding hydrogens is 332 g/mol. The zero-order chi connectivity index (χ0) is 17.0. The summed E-state index contributed by atoms with van der Waals surface area (Å²) in [5.74, 6) is 0.356. The predicted molar refractivity (Wildman–Crippen MR) is 98.0 cm³/mol. The van der Waals surface area contributed by atoms with Crippen molar-refractivity contribution in [2.45, 2.75) is 13.8 Å². The van der Waals surface area contributed by atoms with Gasteiger partial charge in [0, 0.05) is 16.6 Å². The molecule has 0 unspecified atom stereocenters. The van der Waals surface area contributed by atoms with Gasteiger partial charge in [0.15, 0.2) is 5.11 Å². The highest BCUT2D eigenvalue weighted by molar-refractivity contribution is 7.80. The highest BCUT2D eigenvalue weighted by atomic mass is 32.1. The molecule has 0 amide bonds. The summed E-state index contributed by atoms with van der Waals surface area (Å²) in [6.45, 7) is 3.85. The van der Waals surface area contributed by atoms with Crippen LogP contribution in [0.15, 0.2) is 24.3 Å². The Kier molecular flexibility index (Phi) is 5.57. The lowest BCUT2D eigenvalue weighted by molar-refractivity contribution is 0.0601. The number of ether oxygens (including phenoxy) is 2. The van der Waals surface area contributed by atoms with E-state index in [-0.39, 0.29) is 5.97 Å². The zero-order valence-electron chi connectivity index (χ0n) is 13.4. The molecule has 0 fully saturated rings. The molecule has 0 bridgehead atoms. The maximum absolute atomic E-state index is 12.0. The number of methoxy groups -OCH3 is 2. The van der Waals surface area contributed by atoms with Crippen LogP contribution in [0.5, 0.6) is 5.75 Å². The summed E-state index contributed by atoms with van der Waals surface area (Å²) in [7, 11) is 2.97. The van der Waals surface area contributed by atoms with E-state index in [1.807, 2.05) is 38.1 Å². The van der Waals surface area contributed by atoms with Gasteiger partial charge >= 0.3 is 5.97 Å². The molecule has 1 aromatic carbocycles. The van der Waals surface area contributed by atoms with Crippen LogP contribution in [0.25, 0.3) is 0 Å². The van der Waals surface area contributed by atoms with Crippen molar-refractivity contribution >= 4 is 45.3 Å². The molecule has 0 saturated heterocycles. The van der Waals surface area contributed by atoms with Crippen molar-refractivity contribution < 1.29 is 14.3 Å². The number of anilines is 2. The second-order valence-corrected chi connectivity index (χ2v) is 6.42. The third-order valence-electron chi connectivity index (χ3n) is 3.33. The number of carbonyl (C=O) groups is 1. The Morgan fingerprint density at radius 3 is 2.61 bits per heavy atom. The molecule has 1 heterocycles. The highest BCUT2D eigenvalue weighted by Gasteiger charge is 2.20. The van der Waals surface area contributed by atoms with Gasteiger partial charge in [0.2, 0.25) is 0 Å². The summed E-state index contributed by atoms with van der Waals surface area (Å²) in [5.41, 5.74) is 2.21. The molecule has 0 radical (unpaired) electrons. The second kappa shape index (κ2) is 7.43. The van der Waals surface area contributed by atoms with Gasteiger partial charge in [-0.05, 0) is 43.8 Å². The van der Waals surface area contributed by atoms with Crippen LogP contribution in [0, 0.1) is 13.8 Å².